The summed E-state index contributed by atoms with van der Waals surface area (Å²) in [7, 11) is 0. The molecule has 2 nitrogen and oxygen atoms in total. The van der Waals surface area contributed by atoms with E-state index in [1.165, 1.54) is 29.5 Å². The van der Waals surface area contributed by atoms with Crippen molar-refractivity contribution < 1.29 is 0 Å². The van der Waals surface area contributed by atoms with Crippen molar-refractivity contribution in [2.45, 2.75) is 25.7 Å². The van der Waals surface area contributed by atoms with Gasteiger partial charge in [-0.15, -0.1) is 0 Å². The molecule has 86 valence electrons. The summed E-state index contributed by atoms with van der Waals surface area (Å²) < 4.78 is 0. The molecular formula is C15H16N2. The topological polar surface area (TPSA) is 38.9 Å². The van der Waals surface area contributed by atoms with Crippen molar-refractivity contribution in [3.8, 4) is 11.1 Å². The predicted molar refractivity (Wildman–Crippen MR) is 70.8 cm³/mol. The molecule has 0 radical (unpaired) electrons. The molecular weight excluding hydrogens is 208 g/mol. The fourth-order valence-electron chi connectivity index (χ4n) is 2.24. The lowest BCUT2D eigenvalue weighted by atomic mass is 9.97. The number of benzene rings is 1. The highest BCUT2D eigenvalue weighted by Gasteiger charge is 2.23. The van der Waals surface area contributed by atoms with Crippen molar-refractivity contribution >= 4 is 5.82 Å². The van der Waals surface area contributed by atoms with Gasteiger partial charge in [0.2, 0.25) is 0 Å². The Balaban J connectivity index is 2.09. The minimum Gasteiger partial charge on any atom is -0.384 e. The molecule has 0 unspecified atom stereocenters. The van der Waals surface area contributed by atoms with E-state index in [0.717, 1.165) is 11.5 Å². The van der Waals surface area contributed by atoms with Gasteiger partial charge in [0.1, 0.15) is 5.82 Å². The lowest BCUT2D eigenvalue weighted by Gasteiger charge is -2.09. The highest BCUT2D eigenvalue weighted by molar-refractivity contribution is 5.70. The maximum absolute atomic E-state index is 5.75. The smallest absolute Gasteiger partial charge is 0.123 e. The summed E-state index contributed by atoms with van der Waals surface area (Å²) in [5.41, 5.74) is 10.9. The Kier molecular flexibility index (Phi) is 2.36. The Morgan fingerprint density at radius 1 is 1.18 bits per heavy atom. The van der Waals surface area contributed by atoms with Crippen molar-refractivity contribution in [1.29, 1.82) is 0 Å². The first-order valence-electron chi connectivity index (χ1n) is 6.06. The Morgan fingerprint density at radius 2 is 2.00 bits per heavy atom. The van der Waals surface area contributed by atoms with Crippen LogP contribution in [-0.2, 0) is 0 Å². The number of hydrogen-bond donors (Lipinski definition) is 1. The first kappa shape index (κ1) is 10.3. The molecule has 1 aromatic carbocycles. The van der Waals surface area contributed by atoms with Gasteiger partial charge in [0.05, 0.1) is 0 Å². The van der Waals surface area contributed by atoms with Crippen LogP contribution in [0.5, 0.6) is 0 Å². The van der Waals surface area contributed by atoms with Gasteiger partial charge in [0.15, 0.2) is 0 Å². The fraction of sp³-hybridized carbons (Fsp3) is 0.267. The van der Waals surface area contributed by atoms with E-state index in [0.29, 0.717) is 5.82 Å². The van der Waals surface area contributed by atoms with Crippen LogP contribution in [0.25, 0.3) is 11.1 Å². The van der Waals surface area contributed by atoms with Crippen LogP contribution >= 0.6 is 0 Å². The van der Waals surface area contributed by atoms with Crippen molar-refractivity contribution in [1.82, 2.24) is 4.98 Å². The molecule has 1 saturated carbocycles. The van der Waals surface area contributed by atoms with E-state index < -0.39 is 0 Å². The largest absolute Gasteiger partial charge is 0.384 e. The molecule has 0 aliphatic heterocycles. The molecule has 2 aromatic rings. The third-order valence-electron chi connectivity index (χ3n) is 3.40. The summed E-state index contributed by atoms with van der Waals surface area (Å²) in [6.45, 7) is 2.14. The van der Waals surface area contributed by atoms with Crippen LogP contribution in [0.4, 0.5) is 5.82 Å². The summed E-state index contributed by atoms with van der Waals surface area (Å²) in [6, 6.07) is 10.7. The van der Waals surface area contributed by atoms with E-state index in [1.54, 1.807) is 6.20 Å². The minimum absolute atomic E-state index is 0.582. The monoisotopic (exact) mass is 224 g/mol. The zero-order valence-electron chi connectivity index (χ0n) is 9.98. The van der Waals surface area contributed by atoms with Crippen LogP contribution in [0.2, 0.25) is 0 Å². The standard InChI is InChI=1S/C15H16N2/c1-10-2-3-12(11-4-5-11)8-14(10)13-6-7-17-15(16)9-13/h2-3,6-9,11H,4-5H2,1H3,(H2,16,17). The normalized spacial score (nSPS) is 14.9. The number of anilines is 1. The predicted octanol–water partition coefficient (Wildman–Crippen LogP) is 3.52. The lowest BCUT2D eigenvalue weighted by molar-refractivity contribution is 1.13. The van der Waals surface area contributed by atoms with E-state index in [2.05, 4.69) is 30.1 Å². The molecule has 1 aliphatic rings. The minimum atomic E-state index is 0.582. The maximum atomic E-state index is 5.75. The molecule has 2 heteroatoms. The molecule has 0 spiro atoms. The summed E-state index contributed by atoms with van der Waals surface area (Å²) >= 11 is 0. The number of aromatic nitrogens is 1. The van der Waals surface area contributed by atoms with Gasteiger partial charge < -0.3 is 5.73 Å². The number of pyridine rings is 1. The quantitative estimate of drug-likeness (QED) is 0.847. The molecule has 1 fully saturated rings. The molecule has 0 atom stereocenters. The Bertz CT molecular complexity index is 557. The third kappa shape index (κ3) is 2.03. The van der Waals surface area contributed by atoms with Gasteiger partial charge in [-0.1, -0.05) is 18.2 Å². The fourth-order valence-corrected chi connectivity index (χ4v) is 2.24. The molecule has 1 heterocycles. The van der Waals surface area contributed by atoms with Gasteiger partial charge in [-0.2, -0.15) is 0 Å². The zero-order valence-corrected chi connectivity index (χ0v) is 9.98. The highest BCUT2D eigenvalue weighted by Crippen LogP contribution is 2.41. The van der Waals surface area contributed by atoms with Crippen molar-refractivity contribution in [2.24, 2.45) is 0 Å². The van der Waals surface area contributed by atoms with Crippen molar-refractivity contribution in [3.05, 3.63) is 47.7 Å². The van der Waals surface area contributed by atoms with Crippen LogP contribution < -0.4 is 5.73 Å². The van der Waals surface area contributed by atoms with Crippen molar-refractivity contribution in [3.63, 3.8) is 0 Å². The van der Waals surface area contributed by atoms with Gasteiger partial charge in [0.25, 0.3) is 0 Å². The van der Waals surface area contributed by atoms with Gasteiger partial charge in [-0.25, -0.2) is 4.98 Å². The average Bonchev–Trinajstić information content (AvgIpc) is 3.14. The van der Waals surface area contributed by atoms with Gasteiger partial charge in [-0.05, 0) is 60.1 Å². The number of rotatable bonds is 2. The molecule has 1 aliphatic carbocycles. The summed E-state index contributed by atoms with van der Waals surface area (Å²) in [4.78, 5) is 4.04. The maximum Gasteiger partial charge on any atom is 0.123 e. The van der Waals surface area contributed by atoms with Gasteiger partial charge >= 0.3 is 0 Å². The van der Waals surface area contributed by atoms with Crippen LogP contribution in [0.1, 0.15) is 29.9 Å². The lowest BCUT2D eigenvalue weighted by Crippen LogP contribution is -1.91. The number of nitrogens with two attached hydrogens (primary N) is 1. The van der Waals surface area contributed by atoms with Gasteiger partial charge in [0, 0.05) is 6.20 Å². The Hall–Kier alpha value is -1.83. The Labute approximate surface area is 102 Å². The second kappa shape index (κ2) is 3.88. The SMILES string of the molecule is Cc1ccc(C2CC2)cc1-c1ccnc(N)c1. The number of hydrogen-bond acceptors (Lipinski definition) is 2. The van der Waals surface area contributed by atoms with Crippen LogP contribution in [0.3, 0.4) is 0 Å². The number of nitrogens with zero attached hydrogens (tertiary/aromatic N) is 1. The molecule has 3 rings (SSSR count). The summed E-state index contributed by atoms with van der Waals surface area (Å²) in [6.07, 6.45) is 4.44. The molecule has 17 heavy (non-hydrogen) atoms. The van der Waals surface area contributed by atoms with Crippen LogP contribution in [0.15, 0.2) is 36.5 Å². The first-order chi connectivity index (χ1) is 8.24. The molecule has 0 amide bonds. The zero-order chi connectivity index (χ0) is 11.8. The first-order valence-corrected chi connectivity index (χ1v) is 6.06. The van der Waals surface area contributed by atoms with Crippen molar-refractivity contribution in [2.75, 3.05) is 5.73 Å². The van der Waals surface area contributed by atoms with Crippen LogP contribution in [0, 0.1) is 6.92 Å². The Morgan fingerprint density at radius 3 is 2.71 bits per heavy atom. The number of aryl methyl sites for hydroxylation is 1. The second-order valence-corrected chi connectivity index (χ2v) is 4.82. The third-order valence-corrected chi connectivity index (χ3v) is 3.40. The summed E-state index contributed by atoms with van der Waals surface area (Å²) in [5, 5.41) is 0. The van der Waals surface area contributed by atoms with E-state index >= 15 is 0 Å². The van der Waals surface area contributed by atoms with E-state index in [-0.39, 0.29) is 0 Å². The van der Waals surface area contributed by atoms with E-state index in [4.69, 9.17) is 5.73 Å². The van der Waals surface area contributed by atoms with E-state index in [9.17, 15) is 0 Å². The van der Waals surface area contributed by atoms with E-state index in [1.807, 2.05) is 12.1 Å². The van der Waals surface area contributed by atoms with Crippen LogP contribution in [-0.4, -0.2) is 4.98 Å². The summed E-state index contributed by atoms with van der Waals surface area (Å²) in [5.74, 6) is 1.37. The van der Waals surface area contributed by atoms with Gasteiger partial charge in [-0.3, -0.25) is 0 Å². The molecule has 0 saturated heterocycles. The molecule has 1 aromatic heterocycles. The second-order valence-electron chi connectivity index (χ2n) is 4.82. The average molecular weight is 224 g/mol. The highest BCUT2D eigenvalue weighted by atomic mass is 14.8. The number of nitrogen functional groups attached to an aromatic ring is 1. The molecule has 2 N–H and O–H groups in total. The molecule has 0 bridgehead atoms.